The summed E-state index contributed by atoms with van der Waals surface area (Å²) in [6, 6.07) is 10.0. The molecule has 0 spiro atoms. The van der Waals surface area contributed by atoms with E-state index in [2.05, 4.69) is 12.2 Å². The lowest BCUT2D eigenvalue weighted by Gasteiger charge is -2.33. The normalized spacial score (nSPS) is 19.0. The van der Waals surface area contributed by atoms with Gasteiger partial charge in [-0.1, -0.05) is 18.2 Å². The lowest BCUT2D eigenvalue weighted by atomic mass is 10.0. The summed E-state index contributed by atoms with van der Waals surface area (Å²) in [4.78, 5) is 13.9. The van der Waals surface area contributed by atoms with Gasteiger partial charge in [-0.15, -0.1) is 0 Å². The molecule has 1 unspecified atom stereocenters. The number of hydrogen-bond donors (Lipinski definition) is 1. The fourth-order valence-corrected chi connectivity index (χ4v) is 2.34. The van der Waals surface area contributed by atoms with Gasteiger partial charge >= 0.3 is 6.03 Å². The van der Waals surface area contributed by atoms with Crippen molar-refractivity contribution in [2.45, 2.75) is 32.2 Å². The number of hydrogen-bond acceptors (Lipinski definition) is 2. The molecule has 1 aliphatic rings. The molecule has 0 bridgehead atoms. The maximum absolute atomic E-state index is 12.0. The third-order valence-corrected chi connectivity index (χ3v) is 3.45. The van der Waals surface area contributed by atoms with Crippen LogP contribution in [0.5, 0.6) is 5.75 Å². The van der Waals surface area contributed by atoms with E-state index in [1.807, 2.05) is 35.2 Å². The molecule has 2 amide bonds. The molecule has 2 rings (SSSR count). The highest BCUT2D eigenvalue weighted by Crippen LogP contribution is 2.16. The van der Waals surface area contributed by atoms with Gasteiger partial charge < -0.3 is 15.0 Å². The maximum Gasteiger partial charge on any atom is 0.317 e. The van der Waals surface area contributed by atoms with Crippen LogP contribution in [-0.4, -0.2) is 36.7 Å². The lowest BCUT2D eigenvalue weighted by molar-refractivity contribution is 0.156. The first-order valence-corrected chi connectivity index (χ1v) is 6.99. The SMILES string of the molecule is CC1CCCCN1C(=O)NCCOc1ccccc1. The largest absolute Gasteiger partial charge is 0.492 e. The first kappa shape index (κ1) is 13.7. The summed E-state index contributed by atoms with van der Waals surface area (Å²) >= 11 is 0. The lowest BCUT2D eigenvalue weighted by Crippen LogP contribution is -2.48. The van der Waals surface area contributed by atoms with Crippen molar-refractivity contribution in [3.8, 4) is 5.75 Å². The Morgan fingerprint density at radius 1 is 1.37 bits per heavy atom. The summed E-state index contributed by atoms with van der Waals surface area (Å²) in [5, 5.41) is 2.92. The Morgan fingerprint density at radius 2 is 2.16 bits per heavy atom. The molecule has 1 saturated heterocycles. The van der Waals surface area contributed by atoms with Crippen LogP contribution in [-0.2, 0) is 0 Å². The molecule has 1 aliphatic heterocycles. The Balaban J connectivity index is 1.66. The number of rotatable bonds is 4. The fourth-order valence-electron chi connectivity index (χ4n) is 2.34. The first-order valence-electron chi connectivity index (χ1n) is 6.99. The molecule has 0 radical (unpaired) electrons. The van der Waals surface area contributed by atoms with Crippen molar-refractivity contribution in [3.05, 3.63) is 30.3 Å². The predicted molar refractivity (Wildman–Crippen MR) is 75.4 cm³/mol. The molecule has 0 aliphatic carbocycles. The number of urea groups is 1. The molecule has 1 aromatic carbocycles. The Labute approximate surface area is 114 Å². The summed E-state index contributed by atoms with van der Waals surface area (Å²) in [6.45, 7) is 4.01. The minimum absolute atomic E-state index is 0.0314. The zero-order chi connectivity index (χ0) is 13.5. The molecular weight excluding hydrogens is 240 g/mol. The van der Waals surface area contributed by atoms with E-state index in [1.165, 1.54) is 6.42 Å². The van der Waals surface area contributed by atoms with Crippen molar-refractivity contribution < 1.29 is 9.53 Å². The van der Waals surface area contributed by atoms with E-state index in [4.69, 9.17) is 4.74 Å². The second kappa shape index (κ2) is 7.02. The molecule has 19 heavy (non-hydrogen) atoms. The van der Waals surface area contributed by atoms with Crippen molar-refractivity contribution in [1.29, 1.82) is 0 Å². The highest BCUT2D eigenvalue weighted by molar-refractivity contribution is 5.74. The summed E-state index contributed by atoms with van der Waals surface area (Å²) in [6.07, 6.45) is 3.44. The van der Waals surface area contributed by atoms with Crippen LogP contribution >= 0.6 is 0 Å². The van der Waals surface area contributed by atoms with Gasteiger partial charge in [0.25, 0.3) is 0 Å². The van der Waals surface area contributed by atoms with E-state index in [9.17, 15) is 4.79 Å². The van der Waals surface area contributed by atoms with Gasteiger partial charge in [-0.2, -0.15) is 0 Å². The van der Waals surface area contributed by atoms with Crippen LogP contribution in [0.1, 0.15) is 26.2 Å². The molecule has 4 nitrogen and oxygen atoms in total. The third-order valence-electron chi connectivity index (χ3n) is 3.45. The zero-order valence-electron chi connectivity index (χ0n) is 11.5. The number of benzene rings is 1. The third kappa shape index (κ3) is 4.16. The van der Waals surface area contributed by atoms with Gasteiger partial charge in [0.15, 0.2) is 0 Å². The number of nitrogens with zero attached hydrogens (tertiary/aromatic N) is 1. The molecule has 4 heteroatoms. The van der Waals surface area contributed by atoms with Crippen LogP contribution < -0.4 is 10.1 Å². The average molecular weight is 262 g/mol. The number of para-hydroxylation sites is 1. The molecule has 0 saturated carbocycles. The van der Waals surface area contributed by atoms with E-state index < -0.39 is 0 Å². The van der Waals surface area contributed by atoms with E-state index in [0.29, 0.717) is 19.2 Å². The number of piperidine rings is 1. The van der Waals surface area contributed by atoms with Gasteiger partial charge in [0.1, 0.15) is 12.4 Å². The Bertz CT molecular complexity index is 394. The van der Waals surface area contributed by atoms with Crippen LogP contribution in [0.2, 0.25) is 0 Å². The van der Waals surface area contributed by atoms with Crippen LogP contribution in [0.4, 0.5) is 4.79 Å². The molecule has 1 fully saturated rings. The molecule has 1 heterocycles. The Morgan fingerprint density at radius 3 is 2.89 bits per heavy atom. The second-order valence-electron chi connectivity index (χ2n) is 4.93. The number of carbonyl (C=O) groups is 1. The van der Waals surface area contributed by atoms with Gasteiger partial charge in [0.05, 0.1) is 6.54 Å². The average Bonchev–Trinajstić information content (AvgIpc) is 2.45. The zero-order valence-corrected chi connectivity index (χ0v) is 11.5. The topological polar surface area (TPSA) is 41.6 Å². The quantitative estimate of drug-likeness (QED) is 0.848. The predicted octanol–water partition coefficient (Wildman–Crippen LogP) is 2.65. The molecular formula is C15H22N2O2. The summed E-state index contributed by atoms with van der Waals surface area (Å²) in [5.41, 5.74) is 0. The van der Waals surface area contributed by atoms with Crippen LogP contribution in [0.3, 0.4) is 0 Å². The van der Waals surface area contributed by atoms with E-state index in [-0.39, 0.29) is 6.03 Å². The van der Waals surface area contributed by atoms with Gasteiger partial charge in [0, 0.05) is 12.6 Å². The number of amides is 2. The highest BCUT2D eigenvalue weighted by Gasteiger charge is 2.22. The van der Waals surface area contributed by atoms with Gasteiger partial charge in [0.2, 0.25) is 0 Å². The number of likely N-dealkylation sites (tertiary alicyclic amines) is 1. The molecule has 0 aromatic heterocycles. The van der Waals surface area contributed by atoms with Crippen LogP contribution in [0, 0.1) is 0 Å². The summed E-state index contributed by atoms with van der Waals surface area (Å²) in [7, 11) is 0. The van der Waals surface area contributed by atoms with Crippen molar-refractivity contribution in [2.75, 3.05) is 19.7 Å². The molecule has 1 atom stereocenters. The maximum atomic E-state index is 12.0. The van der Waals surface area contributed by atoms with Gasteiger partial charge in [-0.3, -0.25) is 0 Å². The molecule has 1 N–H and O–H groups in total. The molecule has 1 aromatic rings. The van der Waals surface area contributed by atoms with Crippen LogP contribution in [0.15, 0.2) is 30.3 Å². The van der Waals surface area contributed by atoms with Crippen LogP contribution in [0.25, 0.3) is 0 Å². The molecule has 104 valence electrons. The Kier molecular flexibility index (Phi) is 5.07. The fraction of sp³-hybridized carbons (Fsp3) is 0.533. The van der Waals surface area contributed by atoms with Crippen molar-refractivity contribution in [3.63, 3.8) is 0 Å². The smallest absolute Gasteiger partial charge is 0.317 e. The minimum atomic E-state index is 0.0314. The van der Waals surface area contributed by atoms with Gasteiger partial charge in [-0.05, 0) is 38.3 Å². The van der Waals surface area contributed by atoms with Crippen molar-refractivity contribution >= 4 is 6.03 Å². The Hall–Kier alpha value is -1.71. The first-order chi connectivity index (χ1) is 9.27. The number of ether oxygens (including phenoxy) is 1. The second-order valence-corrected chi connectivity index (χ2v) is 4.93. The van der Waals surface area contributed by atoms with Gasteiger partial charge in [-0.25, -0.2) is 4.79 Å². The monoisotopic (exact) mass is 262 g/mol. The standard InChI is InChI=1S/C15H22N2O2/c1-13-7-5-6-11-17(13)15(18)16-10-12-19-14-8-3-2-4-9-14/h2-4,8-9,13H,5-7,10-12H2,1H3,(H,16,18). The van der Waals surface area contributed by atoms with Crippen molar-refractivity contribution in [2.24, 2.45) is 0 Å². The van der Waals surface area contributed by atoms with E-state index in [0.717, 1.165) is 25.1 Å². The number of carbonyl (C=O) groups excluding carboxylic acids is 1. The van der Waals surface area contributed by atoms with E-state index in [1.54, 1.807) is 0 Å². The number of nitrogens with one attached hydrogen (secondary N) is 1. The minimum Gasteiger partial charge on any atom is -0.492 e. The van der Waals surface area contributed by atoms with E-state index >= 15 is 0 Å². The van der Waals surface area contributed by atoms with Crippen molar-refractivity contribution in [1.82, 2.24) is 10.2 Å². The summed E-state index contributed by atoms with van der Waals surface area (Å²) in [5.74, 6) is 0.836. The summed E-state index contributed by atoms with van der Waals surface area (Å²) < 4.78 is 5.54. The highest BCUT2D eigenvalue weighted by atomic mass is 16.5.